The summed E-state index contributed by atoms with van der Waals surface area (Å²) in [6, 6.07) is 18.4. The number of carbonyl (C=O) groups excluding carboxylic acids is 1. The number of amides is 1. The SMILES string of the molecule is Cc1ccc(C(Cc2cccs2)C(=O)NCCc2ncc3ccccn23)cc1. The maximum Gasteiger partial charge on any atom is 0.227 e. The number of nitrogens with zero attached hydrogens (tertiary/aromatic N) is 2. The number of fused-ring (bicyclic) bond motifs is 1. The van der Waals surface area contributed by atoms with Crippen LogP contribution in [-0.4, -0.2) is 21.8 Å². The Morgan fingerprint density at radius 1 is 1.14 bits per heavy atom. The summed E-state index contributed by atoms with van der Waals surface area (Å²) < 4.78 is 2.06. The van der Waals surface area contributed by atoms with Gasteiger partial charge < -0.3 is 9.72 Å². The molecule has 0 saturated carbocycles. The Kier molecular flexibility index (Phi) is 5.53. The number of benzene rings is 1. The second-order valence-electron chi connectivity index (χ2n) is 6.96. The summed E-state index contributed by atoms with van der Waals surface area (Å²) in [7, 11) is 0. The van der Waals surface area contributed by atoms with Gasteiger partial charge in [0, 0.05) is 24.0 Å². The molecular weight excluding hydrogens is 366 g/mol. The highest BCUT2D eigenvalue weighted by molar-refractivity contribution is 7.09. The van der Waals surface area contributed by atoms with Gasteiger partial charge in [-0.15, -0.1) is 11.3 Å². The Morgan fingerprint density at radius 3 is 2.79 bits per heavy atom. The summed E-state index contributed by atoms with van der Waals surface area (Å²) in [6.45, 7) is 2.63. The first-order valence-electron chi connectivity index (χ1n) is 9.48. The van der Waals surface area contributed by atoms with Crippen molar-refractivity contribution in [3.63, 3.8) is 0 Å². The lowest BCUT2D eigenvalue weighted by molar-refractivity contribution is -0.122. The fraction of sp³-hybridized carbons (Fsp3) is 0.217. The lowest BCUT2D eigenvalue weighted by atomic mass is 9.93. The third-order valence-electron chi connectivity index (χ3n) is 4.94. The van der Waals surface area contributed by atoms with E-state index >= 15 is 0 Å². The van der Waals surface area contributed by atoms with Gasteiger partial charge in [0.1, 0.15) is 5.82 Å². The zero-order chi connectivity index (χ0) is 19.3. The van der Waals surface area contributed by atoms with Gasteiger partial charge in [-0.3, -0.25) is 4.79 Å². The molecule has 0 spiro atoms. The standard InChI is InChI=1S/C23H23N3OS/c1-17-7-9-18(10-8-17)21(15-20-6-4-14-28-20)23(27)24-12-11-22-25-16-19-5-2-3-13-26(19)22/h2-10,13-14,16,21H,11-12,15H2,1H3,(H,24,27). The van der Waals surface area contributed by atoms with Crippen molar-refractivity contribution in [2.45, 2.75) is 25.7 Å². The number of imidazole rings is 1. The number of nitrogens with one attached hydrogen (secondary N) is 1. The smallest absolute Gasteiger partial charge is 0.227 e. The normalized spacial score (nSPS) is 12.2. The van der Waals surface area contributed by atoms with Gasteiger partial charge in [-0.25, -0.2) is 4.98 Å². The van der Waals surface area contributed by atoms with Crippen molar-refractivity contribution in [2.24, 2.45) is 0 Å². The average Bonchev–Trinajstić information content (AvgIpc) is 3.37. The molecule has 0 aliphatic heterocycles. The molecule has 0 radical (unpaired) electrons. The number of rotatable bonds is 7. The van der Waals surface area contributed by atoms with Gasteiger partial charge >= 0.3 is 0 Å². The first-order chi connectivity index (χ1) is 13.7. The van der Waals surface area contributed by atoms with Gasteiger partial charge in [0.15, 0.2) is 0 Å². The highest BCUT2D eigenvalue weighted by Gasteiger charge is 2.21. The van der Waals surface area contributed by atoms with Gasteiger partial charge in [0.25, 0.3) is 0 Å². The van der Waals surface area contributed by atoms with Crippen LogP contribution in [0, 0.1) is 6.92 Å². The largest absolute Gasteiger partial charge is 0.355 e. The monoisotopic (exact) mass is 389 g/mol. The number of hydrogen-bond donors (Lipinski definition) is 1. The first kappa shape index (κ1) is 18.4. The second kappa shape index (κ2) is 8.40. The van der Waals surface area contributed by atoms with E-state index in [4.69, 9.17) is 0 Å². The zero-order valence-corrected chi connectivity index (χ0v) is 16.7. The van der Waals surface area contributed by atoms with E-state index in [2.05, 4.69) is 57.3 Å². The molecule has 3 heterocycles. The molecule has 1 aromatic carbocycles. The topological polar surface area (TPSA) is 46.4 Å². The number of aryl methyl sites for hydroxylation is 1. The number of carbonyl (C=O) groups is 1. The quantitative estimate of drug-likeness (QED) is 0.510. The predicted octanol–water partition coefficient (Wildman–Crippen LogP) is 4.39. The molecule has 0 aliphatic rings. The van der Waals surface area contributed by atoms with Crippen molar-refractivity contribution in [3.8, 4) is 0 Å². The van der Waals surface area contributed by atoms with Crippen molar-refractivity contribution in [3.05, 3.63) is 94.2 Å². The molecule has 3 aromatic heterocycles. The highest BCUT2D eigenvalue weighted by atomic mass is 32.1. The van der Waals surface area contributed by atoms with Gasteiger partial charge in [0.2, 0.25) is 5.91 Å². The summed E-state index contributed by atoms with van der Waals surface area (Å²) in [6.07, 6.45) is 5.29. The van der Waals surface area contributed by atoms with Crippen LogP contribution in [0.1, 0.15) is 27.7 Å². The van der Waals surface area contributed by atoms with Gasteiger partial charge in [-0.2, -0.15) is 0 Å². The fourth-order valence-corrected chi connectivity index (χ4v) is 4.15. The van der Waals surface area contributed by atoms with Gasteiger partial charge in [-0.1, -0.05) is 42.0 Å². The first-order valence-corrected chi connectivity index (χ1v) is 10.4. The molecule has 0 fully saturated rings. The molecule has 142 valence electrons. The molecule has 0 saturated heterocycles. The van der Waals surface area contributed by atoms with E-state index in [1.807, 2.05) is 36.7 Å². The van der Waals surface area contributed by atoms with Gasteiger partial charge in [-0.05, 0) is 42.5 Å². The minimum atomic E-state index is -0.184. The molecule has 0 aliphatic carbocycles. The summed E-state index contributed by atoms with van der Waals surface area (Å²) in [5.41, 5.74) is 3.33. The van der Waals surface area contributed by atoms with Crippen LogP contribution in [0.4, 0.5) is 0 Å². The summed E-state index contributed by atoms with van der Waals surface area (Å²) in [5, 5.41) is 5.18. The molecular formula is C23H23N3OS. The second-order valence-corrected chi connectivity index (χ2v) is 7.99. The molecule has 4 rings (SSSR count). The summed E-state index contributed by atoms with van der Waals surface area (Å²) in [4.78, 5) is 18.7. The molecule has 1 unspecified atom stereocenters. The van der Waals surface area contributed by atoms with E-state index < -0.39 is 0 Å². The predicted molar refractivity (Wildman–Crippen MR) is 114 cm³/mol. The van der Waals surface area contributed by atoms with Crippen molar-refractivity contribution in [1.82, 2.24) is 14.7 Å². The van der Waals surface area contributed by atoms with Crippen LogP contribution in [0.15, 0.2) is 72.4 Å². The maximum absolute atomic E-state index is 13.0. The number of pyridine rings is 1. The number of aromatic nitrogens is 2. The van der Waals surface area contributed by atoms with E-state index in [1.54, 1.807) is 11.3 Å². The average molecular weight is 390 g/mol. The molecule has 0 bridgehead atoms. The van der Waals surface area contributed by atoms with E-state index in [0.717, 1.165) is 23.3 Å². The molecule has 1 atom stereocenters. The number of thiophene rings is 1. The Hall–Kier alpha value is -2.92. The molecule has 1 N–H and O–H groups in total. The molecule has 4 aromatic rings. The van der Waals surface area contributed by atoms with Crippen LogP contribution in [0.3, 0.4) is 0 Å². The zero-order valence-electron chi connectivity index (χ0n) is 15.8. The van der Waals surface area contributed by atoms with Crippen LogP contribution < -0.4 is 5.32 Å². The lowest BCUT2D eigenvalue weighted by Gasteiger charge is -2.17. The third kappa shape index (κ3) is 4.15. The lowest BCUT2D eigenvalue weighted by Crippen LogP contribution is -2.32. The molecule has 28 heavy (non-hydrogen) atoms. The molecule has 5 heteroatoms. The van der Waals surface area contributed by atoms with Crippen LogP contribution in [0.5, 0.6) is 0 Å². The third-order valence-corrected chi connectivity index (χ3v) is 5.84. The minimum absolute atomic E-state index is 0.0677. The van der Waals surface area contributed by atoms with Crippen LogP contribution in [0.25, 0.3) is 5.52 Å². The van der Waals surface area contributed by atoms with Crippen molar-refractivity contribution >= 4 is 22.8 Å². The van der Waals surface area contributed by atoms with Crippen LogP contribution >= 0.6 is 11.3 Å². The Labute approximate surface area is 168 Å². The van der Waals surface area contributed by atoms with Crippen LogP contribution in [-0.2, 0) is 17.6 Å². The number of hydrogen-bond acceptors (Lipinski definition) is 3. The Balaban J connectivity index is 1.45. The molecule has 1 amide bonds. The highest BCUT2D eigenvalue weighted by Crippen LogP contribution is 2.24. The van der Waals surface area contributed by atoms with Crippen molar-refractivity contribution in [1.29, 1.82) is 0 Å². The van der Waals surface area contributed by atoms with Crippen LogP contribution in [0.2, 0.25) is 0 Å². The van der Waals surface area contributed by atoms with Gasteiger partial charge in [0.05, 0.1) is 17.6 Å². The minimum Gasteiger partial charge on any atom is -0.355 e. The van der Waals surface area contributed by atoms with E-state index in [9.17, 15) is 4.79 Å². The summed E-state index contributed by atoms with van der Waals surface area (Å²) >= 11 is 1.70. The Bertz CT molecular complexity index is 1050. The maximum atomic E-state index is 13.0. The van der Waals surface area contributed by atoms with E-state index in [0.29, 0.717) is 13.0 Å². The van der Waals surface area contributed by atoms with E-state index in [1.165, 1.54) is 10.4 Å². The van der Waals surface area contributed by atoms with Crippen molar-refractivity contribution < 1.29 is 4.79 Å². The fourth-order valence-electron chi connectivity index (χ4n) is 3.40. The van der Waals surface area contributed by atoms with E-state index in [-0.39, 0.29) is 11.8 Å². The summed E-state index contributed by atoms with van der Waals surface area (Å²) in [5.74, 6) is 0.843. The molecule has 4 nitrogen and oxygen atoms in total. The van der Waals surface area contributed by atoms with Crippen molar-refractivity contribution in [2.75, 3.05) is 6.54 Å². The Morgan fingerprint density at radius 2 is 2.00 bits per heavy atom.